The molecule has 5 heteroatoms. The molecule has 2 heterocycles. The first-order chi connectivity index (χ1) is 7.56. The number of hydrogen-bond acceptors (Lipinski definition) is 3. The lowest BCUT2D eigenvalue weighted by Crippen LogP contribution is -2.39. The quantitative estimate of drug-likeness (QED) is 0.745. The van der Waals surface area contributed by atoms with Gasteiger partial charge in [0.05, 0.1) is 4.47 Å². The summed E-state index contributed by atoms with van der Waals surface area (Å²) in [6.07, 6.45) is 3.00. The monoisotopic (exact) mass is 303 g/mol. The number of piperidine rings is 1. The van der Waals surface area contributed by atoms with E-state index in [4.69, 9.17) is 11.6 Å². The van der Waals surface area contributed by atoms with E-state index in [0.717, 1.165) is 23.4 Å². The molecule has 1 aromatic heterocycles. The zero-order valence-electron chi connectivity index (χ0n) is 9.45. The van der Waals surface area contributed by atoms with Gasteiger partial charge in [0.1, 0.15) is 5.82 Å². The number of nitrogens with zero attached hydrogens (tertiary/aromatic N) is 3. The van der Waals surface area contributed by atoms with Crippen LogP contribution in [-0.2, 0) is 0 Å². The molecular formula is C11H15BrClN3. The van der Waals surface area contributed by atoms with Gasteiger partial charge >= 0.3 is 0 Å². The van der Waals surface area contributed by atoms with E-state index in [1.54, 1.807) is 6.20 Å². The topological polar surface area (TPSA) is 29.0 Å². The van der Waals surface area contributed by atoms with Gasteiger partial charge in [0.25, 0.3) is 0 Å². The van der Waals surface area contributed by atoms with Crippen molar-refractivity contribution in [2.24, 2.45) is 11.8 Å². The van der Waals surface area contributed by atoms with Crippen molar-refractivity contribution in [3.8, 4) is 0 Å². The first-order valence-electron chi connectivity index (χ1n) is 5.49. The van der Waals surface area contributed by atoms with Crippen LogP contribution in [0, 0.1) is 11.8 Å². The molecule has 0 bridgehead atoms. The average Bonchev–Trinajstić information content (AvgIpc) is 2.20. The molecule has 0 saturated carbocycles. The zero-order valence-corrected chi connectivity index (χ0v) is 11.8. The largest absolute Gasteiger partial charge is 0.355 e. The Morgan fingerprint density at radius 2 is 2.00 bits per heavy atom. The van der Waals surface area contributed by atoms with Crippen LogP contribution in [0.15, 0.2) is 10.7 Å². The van der Waals surface area contributed by atoms with E-state index in [0.29, 0.717) is 17.1 Å². The van der Waals surface area contributed by atoms with Crippen molar-refractivity contribution in [1.29, 1.82) is 0 Å². The summed E-state index contributed by atoms with van der Waals surface area (Å²) in [5.74, 6) is 2.31. The fraction of sp³-hybridized carbons (Fsp3) is 0.636. The smallest absolute Gasteiger partial charge is 0.224 e. The van der Waals surface area contributed by atoms with Crippen LogP contribution in [0.4, 0.5) is 5.82 Å². The first kappa shape index (κ1) is 12.1. The zero-order chi connectivity index (χ0) is 11.7. The molecule has 0 aromatic carbocycles. The van der Waals surface area contributed by atoms with Crippen LogP contribution in [0.5, 0.6) is 0 Å². The molecule has 88 valence electrons. The fourth-order valence-corrected chi connectivity index (χ4v) is 2.97. The summed E-state index contributed by atoms with van der Waals surface area (Å²) >= 11 is 9.32. The molecule has 1 saturated heterocycles. The minimum atomic E-state index is 0.309. The molecule has 2 unspecified atom stereocenters. The summed E-state index contributed by atoms with van der Waals surface area (Å²) in [5.41, 5.74) is 0. The van der Waals surface area contributed by atoms with E-state index in [2.05, 4.69) is 44.6 Å². The number of halogens is 2. The van der Waals surface area contributed by atoms with Crippen molar-refractivity contribution >= 4 is 33.3 Å². The third-order valence-corrected chi connectivity index (χ3v) is 3.61. The Morgan fingerprint density at radius 3 is 2.62 bits per heavy atom. The van der Waals surface area contributed by atoms with Crippen LogP contribution >= 0.6 is 27.5 Å². The molecular weight excluding hydrogens is 289 g/mol. The summed E-state index contributed by atoms with van der Waals surface area (Å²) in [6.45, 7) is 6.63. The van der Waals surface area contributed by atoms with Gasteiger partial charge in [0.15, 0.2) is 0 Å². The SMILES string of the molecule is CC1CC(C)CN(c2nc(Cl)ncc2Br)C1. The summed E-state index contributed by atoms with van der Waals surface area (Å²) in [4.78, 5) is 10.5. The maximum absolute atomic E-state index is 5.84. The standard InChI is InChI=1S/C11H15BrClN3/c1-7-3-8(2)6-16(5-7)10-9(12)4-14-11(13)15-10/h4,7-8H,3,5-6H2,1-2H3. The van der Waals surface area contributed by atoms with Crippen LogP contribution < -0.4 is 4.90 Å². The van der Waals surface area contributed by atoms with E-state index < -0.39 is 0 Å². The van der Waals surface area contributed by atoms with Gasteiger partial charge in [0.2, 0.25) is 5.28 Å². The van der Waals surface area contributed by atoms with Gasteiger partial charge < -0.3 is 4.90 Å². The van der Waals surface area contributed by atoms with Gasteiger partial charge in [-0.3, -0.25) is 0 Å². The number of hydrogen-bond donors (Lipinski definition) is 0. The lowest BCUT2D eigenvalue weighted by molar-refractivity contribution is 0.355. The highest BCUT2D eigenvalue weighted by Gasteiger charge is 2.24. The summed E-state index contributed by atoms with van der Waals surface area (Å²) < 4.78 is 0.915. The second-order valence-electron chi connectivity index (χ2n) is 4.66. The van der Waals surface area contributed by atoms with Gasteiger partial charge in [-0.05, 0) is 45.8 Å². The van der Waals surface area contributed by atoms with Crippen molar-refractivity contribution in [2.75, 3.05) is 18.0 Å². The molecule has 1 aliphatic rings. The first-order valence-corrected chi connectivity index (χ1v) is 6.66. The highest BCUT2D eigenvalue weighted by atomic mass is 79.9. The fourth-order valence-electron chi connectivity index (χ4n) is 2.39. The minimum Gasteiger partial charge on any atom is -0.355 e. The molecule has 0 spiro atoms. The Hall–Kier alpha value is -0.350. The number of rotatable bonds is 1. The molecule has 2 rings (SSSR count). The van der Waals surface area contributed by atoms with Gasteiger partial charge in [0, 0.05) is 19.3 Å². The van der Waals surface area contributed by atoms with Crippen LogP contribution in [0.3, 0.4) is 0 Å². The van der Waals surface area contributed by atoms with Gasteiger partial charge in [-0.25, -0.2) is 4.98 Å². The minimum absolute atomic E-state index is 0.309. The van der Waals surface area contributed by atoms with E-state index in [9.17, 15) is 0 Å². The van der Waals surface area contributed by atoms with E-state index in [-0.39, 0.29) is 0 Å². The summed E-state index contributed by atoms with van der Waals surface area (Å²) in [5, 5.41) is 0.309. The van der Waals surface area contributed by atoms with Crippen molar-refractivity contribution in [1.82, 2.24) is 9.97 Å². The molecule has 3 nitrogen and oxygen atoms in total. The van der Waals surface area contributed by atoms with Gasteiger partial charge in [-0.15, -0.1) is 0 Å². The molecule has 1 aliphatic heterocycles. The molecule has 16 heavy (non-hydrogen) atoms. The van der Waals surface area contributed by atoms with Crippen molar-refractivity contribution in [3.63, 3.8) is 0 Å². The number of anilines is 1. The molecule has 0 radical (unpaired) electrons. The average molecular weight is 305 g/mol. The highest BCUT2D eigenvalue weighted by molar-refractivity contribution is 9.10. The second kappa shape index (κ2) is 4.88. The Morgan fingerprint density at radius 1 is 1.38 bits per heavy atom. The van der Waals surface area contributed by atoms with E-state index >= 15 is 0 Å². The second-order valence-corrected chi connectivity index (χ2v) is 5.85. The van der Waals surface area contributed by atoms with Crippen LogP contribution in [-0.4, -0.2) is 23.1 Å². The molecule has 2 atom stereocenters. The van der Waals surface area contributed by atoms with Crippen LogP contribution in [0.25, 0.3) is 0 Å². The van der Waals surface area contributed by atoms with E-state index in [1.165, 1.54) is 6.42 Å². The Kier molecular flexibility index (Phi) is 3.70. The van der Waals surface area contributed by atoms with Crippen molar-refractivity contribution < 1.29 is 0 Å². The Bertz CT molecular complexity index is 375. The lowest BCUT2D eigenvalue weighted by Gasteiger charge is -2.36. The summed E-state index contributed by atoms with van der Waals surface area (Å²) in [6, 6.07) is 0. The maximum Gasteiger partial charge on any atom is 0.224 e. The molecule has 0 aliphatic carbocycles. The molecule has 1 aromatic rings. The lowest BCUT2D eigenvalue weighted by atomic mass is 9.92. The molecule has 0 N–H and O–H groups in total. The predicted octanol–water partition coefficient (Wildman–Crippen LogP) is 3.37. The summed E-state index contributed by atoms with van der Waals surface area (Å²) in [7, 11) is 0. The Balaban J connectivity index is 2.25. The number of aromatic nitrogens is 2. The van der Waals surface area contributed by atoms with Crippen molar-refractivity contribution in [3.05, 3.63) is 16.0 Å². The van der Waals surface area contributed by atoms with Gasteiger partial charge in [-0.1, -0.05) is 13.8 Å². The van der Waals surface area contributed by atoms with Gasteiger partial charge in [-0.2, -0.15) is 4.98 Å². The predicted molar refractivity (Wildman–Crippen MR) is 69.9 cm³/mol. The normalized spacial score (nSPS) is 25.9. The van der Waals surface area contributed by atoms with Crippen molar-refractivity contribution in [2.45, 2.75) is 20.3 Å². The highest BCUT2D eigenvalue weighted by Crippen LogP contribution is 2.30. The third kappa shape index (κ3) is 2.66. The molecule has 0 amide bonds. The molecule has 1 fully saturated rings. The Labute approximate surface area is 109 Å². The third-order valence-electron chi connectivity index (χ3n) is 2.86. The van der Waals surface area contributed by atoms with Crippen LogP contribution in [0.2, 0.25) is 5.28 Å². The van der Waals surface area contributed by atoms with Crippen LogP contribution in [0.1, 0.15) is 20.3 Å². The maximum atomic E-state index is 5.84. The van der Waals surface area contributed by atoms with E-state index in [1.807, 2.05) is 0 Å².